The minimum atomic E-state index is 0.539. The first-order valence-corrected chi connectivity index (χ1v) is 7.45. The maximum absolute atomic E-state index is 3.71. The van der Waals surface area contributed by atoms with Crippen molar-refractivity contribution in [3.8, 4) is 0 Å². The van der Waals surface area contributed by atoms with Gasteiger partial charge in [0.2, 0.25) is 0 Å². The molecule has 2 heteroatoms. The van der Waals surface area contributed by atoms with Crippen molar-refractivity contribution < 1.29 is 0 Å². The Morgan fingerprint density at radius 3 is 2.84 bits per heavy atom. The molecule has 2 N–H and O–H groups in total. The fourth-order valence-corrected chi connectivity index (χ4v) is 3.08. The van der Waals surface area contributed by atoms with E-state index in [-0.39, 0.29) is 0 Å². The quantitative estimate of drug-likeness (QED) is 0.835. The maximum Gasteiger partial charge on any atom is 0.0456 e. The van der Waals surface area contributed by atoms with Crippen LogP contribution >= 0.6 is 0 Å². The minimum absolute atomic E-state index is 0.539. The van der Waals surface area contributed by atoms with Crippen molar-refractivity contribution in [2.45, 2.75) is 45.6 Å². The molecule has 0 saturated heterocycles. The molecule has 1 aliphatic carbocycles. The first-order valence-electron chi connectivity index (χ1n) is 7.45. The van der Waals surface area contributed by atoms with Gasteiger partial charge in [0.1, 0.15) is 0 Å². The molecule has 0 aliphatic heterocycles. The van der Waals surface area contributed by atoms with Crippen molar-refractivity contribution in [1.29, 1.82) is 0 Å². The molecule has 3 rings (SSSR count). The van der Waals surface area contributed by atoms with E-state index in [1.807, 2.05) is 0 Å². The van der Waals surface area contributed by atoms with E-state index in [9.17, 15) is 0 Å². The van der Waals surface area contributed by atoms with Gasteiger partial charge < -0.3 is 10.3 Å². The average Bonchev–Trinajstić information content (AvgIpc) is 2.78. The molecule has 2 aromatic rings. The molecule has 0 spiro atoms. The van der Waals surface area contributed by atoms with Gasteiger partial charge >= 0.3 is 0 Å². The van der Waals surface area contributed by atoms with Crippen LogP contribution in [0.25, 0.3) is 10.9 Å². The van der Waals surface area contributed by atoms with E-state index in [1.165, 1.54) is 35.7 Å². The number of fused-ring (bicyclic) bond motifs is 1. The van der Waals surface area contributed by atoms with Crippen LogP contribution in [0.3, 0.4) is 0 Å². The summed E-state index contributed by atoms with van der Waals surface area (Å²) in [6.45, 7) is 5.86. The van der Waals surface area contributed by atoms with Crippen molar-refractivity contribution >= 4 is 10.9 Å². The molecular formula is C17H24N2. The van der Waals surface area contributed by atoms with Crippen LogP contribution in [-0.4, -0.2) is 17.6 Å². The molecule has 1 heterocycles. The molecule has 19 heavy (non-hydrogen) atoms. The molecule has 0 bridgehead atoms. The normalized spacial score (nSPS) is 19.3. The van der Waals surface area contributed by atoms with Crippen LogP contribution in [0.1, 0.15) is 38.7 Å². The highest BCUT2D eigenvalue weighted by molar-refractivity contribution is 5.83. The second-order valence-corrected chi connectivity index (χ2v) is 6.51. The fraction of sp³-hybridized carbons (Fsp3) is 0.529. The van der Waals surface area contributed by atoms with Gasteiger partial charge in [-0.3, -0.25) is 0 Å². The summed E-state index contributed by atoms with van der Waals surface area (Å²) in [5.74, 6) is 0. The lowest BCUT2D eigenvalue weighted by molar-refractivity contribution is 0.152. The van der Waals surface area contributed by atoms with Crippen LogP contribution in [0.2, 0.25) is 0 Å². The first kappa shape index (κ1) is 12.7. The zero-order chi connectivity index (χ0) is 13.3. The largest absolute Gasteiger partial charge is 0.361 e. The Balaban J connectivity index is 1.61. The number of rotatable bonds is 5. The number of H-pyrrole nitrogens is 1. The van der Waals surface area contributed by atoms with Crippen LogP contribution in [0.5, 0.6) is 0 Å². The third-order valence-electron chi connectivity index (χ3n) is 4.64. The van der Waals surface area contributed by atoms with Gasteiger partial charge in [0.25, 0.3) is 0 Å². The van der Waals surface area contributed by atoms with E-state index in [2.05, 4.69) is 54.6 Å². The lowest BCUT2D eigenvalue weighted by Gasteiger charge is -2.39. The molecule has 1 fully saturated rings. The number of hydrogen-bond donors (Lipinski definition) is 2. The van der Waals surface area contributed by atoms with E-state index in [4.69, 9.17) is 0 Å². The van der Waals surface area contributed by atoms with Gasteiger partial charge in [0.05, 0.1) is 0 Å². The Bertz CT molecular complexity index is 551. The molecule has 1 aromatic carbocycles. The SMILES string of the molecule is C[C@H](Cc1c[nH]c2ccccc12)NCC1(C)CCC1. The van der Waals surface area contributed by atoms with E-state index in [0.717, 1.165) is 13.0 Å². The van der Waals surface area contributed by atoms with Crippen LogP contribution in [-0.2, 0) is 6.42 Å². The first-order chi connectivity index (χ1) is 9.16. The van der Waals surface area contributed by atoms with E-state index < -0.39 is 0 Å². The topological polar surface area (TPSA) is 27.8 Å². The van der Waals surface area contributed by atoms with Crippen molar-refractivity contribution in [1.82, 2.24) is 10.3 Å². The summed E-state index contributed by atoms with van der Waals surface area (Å²) < 4.78 is 0. The third-order valence-corrected chi connectivity index (χ3v) is 4.64. The van der Waals surface area contributed by atoms with Gasteiger partial charge in [-0.25, -0.2) is 0 Å². The smallest absolute Gasteiger partial charge is 0.0456 e. The molecule has 0 radical (unpaired) electrons. The fourth-order valence-electron chi connectivity index (χ4n) is 3.08. The van der Waals surface area contributed by atoms with E-state index in [0.29, 0.717) is 11.5 Å². The predicted molar refractivity (Wildman–Crippen MR) is 81.4 cm³/mol. The second-order valence-electron chi connectivity index (χ2n) is 6.51. The van der Waals surface area contributed by atoms with Gasteiger partial charge in [-0.05, 0) is 43.2 Å². The van der Waals surface area contributed by atoms with Gasteiger partial charge in [0, 0.05) is 29.7 Å². The summed E-state index contributed by atoms with van der Waals surface area (Å²) in [6.07, 6.45) is 7.45. The second kappa shape index (κ2) is 5.01. The maximum atomic E-state index is 3.71. The number of hydrogen-bond acceptors (Lipinski definition) is 1. The third kappa shape index (κ3) is 2.69. The zero-order valence-corrected chi connectivity index (χ0v) is 12.0. The predicted octanol–water partition coefficient (Wildman–Crippen LogP) is 3.88. The standard InChI is InChI=1S/C17H24N2/c1-13(19-12-17(2)8-5-9-17)10-14-11-18-16-7-4-3-6-15(14)16/h3-4,6-7,11,13,18-19H,5,8-10,12H2,1-2H3/t13-/m1/s1. The number of aromatic amines is 1. The Morgan fingerprint density at radius 2 is 2.11 bits per heavy atom. The minimum Gasteiger partial charge on any atom is -0.361 e. The molecule has 1 aliphatic rings. The molecule has 1 atom stereocenters. The molecule has 0 unspecified atom stereocenters. The highest BCUT2D eigenvalue weighted by Gasteiger charge is 2.31. The van der Waals surface area contributed by atoms with Crippen molar-refractivity contribution in [3.05, 3.63) is 36.0 Å². The lowest BCUT2D eigenvalue weighted by atomic mass is 9.70. The summed E-state index contributed by atoms with van der Waals surface area (Å²) in [7, 11) is 0. The number of para-hydroxylation sites is 1. The highest BCUT2D eigenvalue weighted by atomic mass is 14.9. The van der Waals surface area contributed by atoms with Gasteiger partial charge in [-0.1, -0.05) is 31.5 Å². The Hall–Kier alpha value is -1.28. The Labute approximate surface area is 115 Å². The molecule has 1 aromatic heterocycles. The molecule has 0 amide bonds. The van der Waals surface area contributed by atoms with E-state index >= 15 is 0 Å². The number of nitrogens with one attached hydrogen (secondary N) is 2. The van der Waals surface area contributed by atoms with Crippen LogP contribution in [0.15, 0.2) is 30.5 Å². The Morgan fingerprint density at radius 1 is 1.32 bits per heavy atom. The van der Waals surface area contributed by atoms with Crippen molar-refractivity contribution in [3.63, 3.8) is 0 Å². The number of aromatic nitrogens is 1. The summed E-state index contributed by atoms with van der Waals surface area (Å²) in [4.78, 5) is 3.36. The van der Waals surface area contributed by atoms with Crippen molar-refractivity contribution in [2.24, 2.45) is 5.41 Å². The molecule has 1 saturated carbocycles. The van der Waals surface area contributed by atoms with Crippen molar-refractivity contribution in [2.75, 3.05) is 6.54 Å². The summed E-state index contributed by atoms with van der Waals surface area (Å²) in [5, 5.41) is 5.08. The lowest BCUT2D eigenvalue weighted by Crippen LogP contribution is -2.41. The van der Waals surface area contributed by atoms with E-state index in [1.54, 1.807) is 0 Å². The van der Waals surface area contributed by atoms with Crippen LogP contribution < -0.4 is 5.32 Å². The summed E-state index contributed by atoms with van der Waals surface area (Å²) >= 11 is 0. The average molecular weight is 256 g/mol. The van der Waals surface area contributed by atoms with Gasteiger partial charge in [0.15, 0.2) is 0 Å². The summed E-state index contributed by atoms with van der Waals surface area (Å²) in [6, 6.07) is 9.10. The summed E-state index contributed by atoms with van der Waals surface area (Å²) in [5.41, 5.74) is 3.24. The van der Waals surface area contributed by atoms with Gasteiger partial charge in [-0.2, -0.15) is 0 Å². The van der Waals surface area contributed by atoms with Crippen LogP contribution in [0.4, 0.5) is 0 Å². The highest BCUT2D eigenvalue weighted by Crippen LogP contribution is 2.39. The number of benzene rings is 1. The monoisotopic (exact) mass is 256 g/mol. The molecule has 102 valence electrons. The van der Waals surface area contributed by atoms with Crippen LogP contribution in [0, 0.1) is 5.41 Å². The molecular weight excluding hydrogens is 232 g/mol. The Kier molecular flexibility index (Phi) is 3.36. The zero-order valence-electron chi connectivity index (χ0n) is 12.0. The molecule has 2 nitrogen and oxygen atoms in total. The van der Waals surface area contributed by atoms with Gasteiger partial charge in [-0.15, -0.1) is 0 Å².